The van der Waals surface area contributed by atoms with Gasteiger partial charge in [0.05, 0.1) is 0 Å². The molecule has 2 aromatic rings. The number of ether oxygens (including phenoxy) is 1. The zero-order valence-electron chi connectivity index (χ0n) is 20.3. The van der Waals surface area contributed by atoms with E-state index in [1.807, 2.05) is 60.7 Å². The average Bonchev–Trinajstić information content (AvgIpc) is 2.87. The highest BCUT2D eigenvalue weighted by Crippen LogP contribution is 2.21. The monoisotopic (exact) mass is 453 g/mol. The van der Waals surface area contributed by atoms with Crippen molar-refractivity contribution >= 4 is 11.7 Å². The Balaban J connectivity index is 2.13. The van der Waals surface area contributed by atoms with Crippen LogP contribution >= 0.6 is 0 Å². The number of carbonyl (C=O) groups excluding carboxylic acids is 1. The van der Waals surface area contributed by atoms with Gasteiger partial charge in [0.1, 0.15) is 5.75 Å². The van der Waals surface area contributed by atoms with Crippen molar-refractivity contribution < 1.29 is 9.53 Å². The Morgan fingerprint density at radius 2 is 1.74 bits per heavy atom. The summed E-state index contributed by atoms with van der Waals surface area (Å²) in [4.78, 5) is 13.6. The molecule has 0 radical (unpaired) electrons. The van der Waals surface area contributed by atoms with Crippen LogP contribution < -0.4 is 9.64 Å². The summed E-state index contributed by atoms with van der Waals surface area (Å²) in [5.74, 6) is 0.358. The average molecular weight is 454 g/mol. The van der Waals surface area contributed by atoms with Crippen LogP contribution in [0.25, 0.3) is 0 Å². The van der Waals surface area contributed by atoms with Gasteiger partial charge in [0, 0.05) is 24.0 Å². The molecule has 0 aromatic heterocycles. The van der Waals surface area contributed by atoms with Crippen molar-refractivity contribution in [2.75, 3.05) is 4.90 Å². The Kier molecular flexibility index (Phi) is 11.7. The molecule has 3 nitrogen and oxygen atoms in total. The van der Waals surface area contributed by atoms with E-state index in [0.29, 0.717) is 12.2 Å². The van der Waals surface area contributed by atoms with Crippen molar-refractivity contribution in [2.45, 2.75) is 39.5 Å². The van der Waals surface area contributed by atoms with Crippen LogP contribution in [0.4, 0.5) is 5.69 Å². The lowest BCUT2D eigenvalue weighted by atomic mass is 10.0. The van der Waals surface area contributed by atoms with E-state index in [-0.39, 0.29) is 5.97 Å². The van der Waals surface area contributed by atoms with Crippen LogP contribution in [-0.2, 0) is 11.2 Å². The van der Waals surface area contributed by atoms with E-state index in [1.54, 1.807) is 13.0 Å². The predicted octanol–water partition coefficient (Wildman–Crippen LogP) is 8.10. The van der Waals surface area contributed by atoms with Gasteiger partial charge in [-0.05, 0) is 72.9 Å². The molecule has 0 atom stereocenters. The molecule has 0 aliphatic heterocycles. The Morgan fingerprint density at radius 1 is 1.00 bits per heavy atom. The number of anilines is 1. The van der Waals surface area contributed by atoms with Gasteiger partial charge in [-0.1, -0.05) is 81.6 Å². The lowest BCUT2D eigenvalue weighted by Crippen LogP contribution is -2.13. The van der Waals surface area contributed by atoms with Gasteiger partial charge < -0.3 is 9.64 Å². The Morgan fingerprint density at radius 3 is 2.35 bits per heavy atom. The minimum Gasteiger partial charge on any atom is -0.427 e. The van der Waals surface area contributed by atoms with E-state index < -0.39 is 0 Å². The molecule has 0 aliphatic carbocycles. The number of rotatable bonds is 13. The molecule has 2 rings (SSSR count). The van der Waals surface area contributed by atoms with E-state index in [2.05, 4.69) is 61.5 Å². The Hall–Kier alpha value is -3.85. The van der Waals surface area contributed by atoms with Crippen LogP contribution in [0.15, 0.2) is 128 Å². The van der Waals surface area contributed by atoms with Gasteiger partial charge in [0.15, 0.2) is 0 Å². The highest BCUT2D eigenvalue weighted by Gasteiger charge is 2.06. The van der Waals surface area contributed by atoms with Crippen molar-refractivity contribution in [3.63, 3.8) is 0 Å². The van der Waals surface area contributed by atoms with Gasteiger partial charge in [-0.2, -0.15) is 0 Å². The summed E-state index contributed by atoms with van der Waals surface area (Å²) < 4.78 is 5.24. The fourth-order valence-electron chi connectivity index (χ4n) is 3.21. The molecule has 0 heterocycles. The fourth-order valence-corrected chi connectivity index (χ4v) is 3.21. The van der Waals surface area contributed by atoms with E-state index in [0.717, 1.165) is 36.2 Å². The molecule has 0 amide bonds. The molecule has 2 aromatic carbocycles. The second-order valence-electron chi connectivity index (χ2n) is 7.60. The third-order valence-electron chi connectivity index (χ3n) is 5.08. The Labute approximate surface area is 204 Å². The molecule has 0 saturated carbocycles. The van der Waals surface area contributed by atoms with Crippen LogP contribution in [0.3, 0.4) is 0 Å². The first-order valence-corrected chi connectivity index (χ1v) is 11.7. The third kappa shape index (κ3) is 8.95. The molecular formula is C31H35NO2. The number of aryl methyl sites for hydroxylation is 1. The molecule has 34 heavy (non-hydrogen) atoms. The zero-order chi connectivity index (χ0) is 24.6. The smallest absolute Gasteiger partial charge is 0.310 e. The summed E-state index contributed by atoms with van der Waals surface area (Å²) >= 11 is 0. The first kappa shape index (κ1) is 26.4. The van der Waals surface area contributed by atoms with Gasteiger partial charge in [0.25, 0.3) is 0 Å². The van der Waals surface area contributed by atoms with Gasteiger partial charge in [0.2, 0.25) is 0 Å². The first-order chi connectivity index (χ1) is 16.6. The van der Waals surface area contributed by atoms with Gasteiger partial charge in [-0.3, -0.25) is 4.79 Å². The topological polar surface area (TPSA) is 29.5 Å². The number of allylic oxidation sites excluding steroid dienone is 8. The van der Waals surface area contributed by atoms with E-state index in [4.69, 9.17) is 4.74 Å². The van der Waals surface area contributed by atoms with Crippen LogP contribution in [0.5, 0.6) is 5.75 Å². The summed E-state index contributed by atoms with van der Waals surface area (Å²) in [6, 6.07) is 17.9. The quantitative estimate of drug-likeness (QED) is 0.174. The summed E-state index contributed by atoms with van der Waals surface area (Å²) in [6.45, 7) is 11.8. The fraction of sp³-hybridized carbons (Fsp3) is 0.194. The Bertz CT molecular complexity index is 1040. The number of hydrogen-bond acceptors (Lipinski definition) is 3. The van der Waals surface area contributed by atoms with Crippen LogP contribution in [0, 0.1) is 0 Å². The molecule has 0 bridgehead atoms. The number of esters is 1. The molecular weight excluding hydrogens is 418 g/mol. The summed E-state index contributed by atoms with van der Waals surface area (Å²) in [6.07, 6.45) is 19.2. The molecule has 0 spiro atoms. The molecule has 0 N–H and O–H groups in total. The maximum absolute atomic E-state index is 11.4. The van der Waals surface area contributed by atoms with Crippen molar-refractivity contribution in [3.8, 4) is 5.75 Å². The maximum atomic E-state index is 11.4. The van der Waals surface area contributed by atoms with Crippen molar-refractivity contribution in [2.24, 2.45) is 0 Å². The second-order valence-corrected chi connectivity index (χ2v) is 7.60. The third-order valence-corrected chi connectivity index (χ3v) is 5.08. The second kappa shape index (κ2) is 15.1. The van der Waals surface area contributed by atoms with Gasteiger partial charge in [-0.25, -0.2) is 0 Å². The van der Waals surface area contributed by atoms with Crippen LogP contribution in [0.2, 0.25) is 0 Å². The summed E-state index contributed by atoms with van der Waals surface area (Å²) in [5, 5.41) is 0. The number of para-hydroxylation sites is 1. The minimum atomic E-state index is -0.225. The summed E-state index contributed by atoms with van der Waals surface area (Å²) in [5.41, 5.74) is 4.44. The number of hydrogen-bond donors (Lipinski definition) is 0. The summed E-state index contributed by atoms with van der Waals surface area (Å²) in [7, 11) is 0. The highest BCUT2D eigenvalue weighted by molar-refractivity contribution is 5.71. The maximum Gasteiger partial charge on any atom is 0.310 e. The van der Waals surface area contributed by atoms with Crippen molar-refractivity contribution in [1.82, 2.24) is 0 Å². The van der Waals surface area contributed by atoms with Gasteiger partial charge in [-0.15, -0.1) is 0 Å². The number of benzene rings is 2. The van der Waals surface area contributed by atoms with Crippen LogP contribution in [0.1, 0.15) is 38.7 Å². The van der Waals surface area contributed by atoms with Gasteiger partial charge >= 0.3 is 5.97 Å². The lowest BCUT2D eigenvalue weighted by molar-refractivity contribution is -0.134. The zero-order valence-corrected chi connectivity index (χ0v) is 20.3. The largest absolute Gasteiger partial charge is 0.427 e. The van der Waals surface area contributed by atoms with Crippen LogP contribution in [-0.4, -0.2) is 5.97 Å². The minimum absolute atomic E-state index is 0.225. The highest BCUT2D eigenvalue weighted by atomic mass is 16.5. The molecule has 0 fully saturated rings. The van der Waals surface area contributed by atoms with E-state index >= 15 is 0 Å². The van der Waals surface area contributed by atoms with Crippen molar-refractivity contribution in [1.29, 1.82) is 0 Å². The molecule has 0 unspecified atom stereocenters. The number of nitrogens with zero attached hydrogens (tertiary/aromatic N) is 1. The number of carbonyl (C=O) groups is 1. The predicted molar refractivity (Wildman–Crippen MR) is 145 cm³/mol. The normalized spacial score (nSPS) is 12.2. The molecule has 3 heteroatoms. The molecule has 0 saturated heterocycles. The molecule has 176 valence electrons. The first-order valence-electron chi connectivity index (χ1n) is 11.7. The molecule has 0 aliphatic rings. The standard InChI is InChI=1S/C31H35NO2/c1-5-9-16-28(14-6-2)32(29-17-11-10-12-18-29)25-13-15-26(7-3)19-20-27-21-23-30(24-22-27)34-31(33)8-4/h6-7,9-18,21-25H,2-3,5,8,19-20H2,1,4H3/b16-9-,25-13+,26-15+,28-14+. The van der Waals surface area contributed by atoms with Crippen molar-refractivity contribution in [3.05, 3.63) is 133 Å². The van der Waals surface area contributed by atoms with E-state index in [1.165, 1.54) is 5.56 Å². The van der Waals surface area contributed by atoms with E-state index in [9.17, 15) is 4.79 Å². The lowest BCUT2D eigenvalue weighted by Gasteiger charge is -2.21. The SMILES string of the molecule is C=C/C=C(\C=C/CC)N(/C=C/C=C(\C=C)CCc1ccc(OC(=O)CC)cc1)c1ccccc1.